The number of anilines is 1. The second kappa shape index (κ2) is 7.38. The van der Waals surface area contributed by atoms with Crippen LogP contribution in [0.15, 0.2) is 16.7 Å². The van der Waals surface area contributed by atoms with E-state index in [1.165, 1.54) is 0 Å². The summed E-state index contributed by atoms with van der Waals surface area (Å²) < 4.78 is 28.8. The Balaban J connectivity index is 2.35. The molecule has 0 unspecified atom stereocenters. The molecule has 0 aromatic carbocycles. The van der Waals surface area contributed by atoms with Gasteiger partial charge in [0.15, 0.2) is 0 Å². The minimum Gasteiger partial charge on any atom is -0.375 e. The fourth-order valence-electron chi connectivity index (χ4n) is 1.21. The Kier molecular flexibility index (Phi) is 6.14. The first-order valence-electron chi connectivity index (χ1n) is 5.28. The Bertz CT molecular complexity index is 416. The van der Waals surface area contributed by atoms with Crippen molar-refractivity contribution in [2.24, 2.45) is 0 Å². The fourth-order valence-corrected chi connectivity index (χ4v) is 1.61. The molecule has 0 radical (unpaired) electrons. The van der Waals surface area contributed by atoms with E-state index in [2.05, 4.69) is 31.0 Å². The molecular weight excluding hydrogens is 310 g/mol. The SMILES string of the molecule is Cc1nc(Br)ccc1NC(=O)CCOCC(F)F. The number of pyridine rings is 1. The van der Waals surface area contributed by atoms with Gasteiger partial charge in [-0.05, 0) is 35.0 Å². The second-order valence-corrected chi connectivity index (χ2v) is 4.34. The predicted molar refractivity (Wildman–Crippen MR) is 66.7 cm³/mol. The molecule has 0 atom stereocenters. The molecule has 1 amide bonds. The van der Waals surface area contributed by atoms with Crippen LogP contribution in [0.5, 0.6) is 0 Å². The van der Waals surface area contributed by atoms with Crippen LogP contribution in [0.1, 0.15) is 12.1 Å². The summed E-state index contributed by atoms with van der Waals surface area (Å²) in [6.45, 7) is 1.08. The van der Waals surface area contributed by atoms with Crippen LogP contribution in [-0.2, 0) is 9.53 Å². The number of ether oxygens (including phenoxy) is 1. The summed E-state index contributed by atoms with van der Waals surface area (Å²) in [6, 6.07) is 3.42. The van der Waals surface area contributed by atoms with Crippen molar-refractivity contribution in [2.75, 3.05) is 18.5 Å². The van der Waals surface area contributed by atoms with Gasteiger partial charge in [-0.15, -0.1) is 0 Å². The minimum atomic E-state index is -2.51. The Morgan fingerprint density at radius 2 is 2.28 bits per heavy atom. The molecule has 0 fully saturated rings. The number of carbonyl (C=O) groups is 1. The lowest BCUT2D eigenvalue weighted by molar-refractivity contribution is -0.117. The van der Waals surface area contributed by atoms with Gasteiger partial charge in [0.2, 0.25) is 5.91 Å². The van der Waals surface area contributed by atoms with E-state index in [0.29, 0.717) is 16.0 Å². The third-order valence-electron chi connectivity index (χ3n) is 2.04. The molecule has 1 rings (SSSR count). The number of rotatable bonds is 6. The molecule has 0 aliphatic heterocycles. The molecule has 1 N–H and O–H groups in total. The molecule has 100 valence electrons. The average molecular weight is 323 g/mol. The lowest BCUT2D eigenvalue weighted by Crippen LogP contribution is -2.16. The first-order chi connectivity index (χ1) is 8.49. The van der Waals surface area contributed by atoms with Gasteiger partial charge in [-0.25, -0.2) is 13.8 Å². The number of halogens is 3. The number of hydrogen-bond donors (Lipinski definition) is 1. The highest BCUT2D eigenvalue weighted by Crippen LogP contribution is 2.16. The van der Waals surface area contributed by atoms with Crippen LogP contribution >= 0.6 is 15.9 Å². The van der Waals surface area contributed by atoms with E-state index >= 15 is 0 Å². The number of nitrogens with one attached hydrogen (secondary N) is 1. The summed E-state index contributed by atoms with van der Waals surface area (Å²) in [5.41, 5.74) is 1.27. The summed E-state index contributed by atoms with van der Waals surface area (Å²) in [5, 5.41) is 2.64. The van der Waals surface area contributed by atoms with Gasteiger partial charge in [0.25, 0.3) is 6.43 Å². The number of aryl methyl sites for hydroxylation is 1. The van der Waals surface area contributed by atoms with Crippen LogP contribution in [0, 0.1) is 6.92 Å². The van der Waals surface area contributed by atoms with Crippen molar-refractivity contribution in [3.63, 3.8) is 0 Å². The monoisotopic (exact) mass is 322 g/mol. The lowest BCUT2D eigenvalue weighted by atomic mass is 10.3. The Labute approximate surface area is 112 Å². The highest BCUT2D eigenvalue weighted by Gasteiger charge is 2.07. The lowest BCUT2D eigenvalue weighted by Gasteiger charge is -2.08. The van der Waals surface area contributed by atoms with E-state index in [1.54, 1.807) is 19.1 Å². The maximum Gasteiger partial charge on any atom is 0.261 e. The van der Waals surface area contributed by atoms with E-state index in [0.717, 1.165) is 0 Å². The first-order valence-corrected chi connectivity index (χ1v) is 6.07. The Morgan fingerprint density at radius 3 is 2.89 bits per heavy atom. The minimum absolute atomic E-state index is 0.0286. The van der Waals surface area contributed by atoms with Crippen molar-refractivity contribution in [2.45, 2.75) is 19.8 Å². The molecule has 1 heterocycles. The normalized spacial score (nSPS) is 10.7. The van der Waals surface area contributed by atoms with E-state index in [4.69, 9.17) is 0 Å². The van der Waals surface area contributed by atoms with Crippen molar-refractivity contribution >= 4 is 27.5 Å². The summed E-state index contributed by atoms with van der Waals surface area (Å²) in [4.78, 5) is 15.6. The van der Waals surface area contributed by atoms with Crippen LogP contribution in [0.2, 0.25) is 0 Å². The zero-order chi connectivity index (χ0) is 13.5. The van der Waals surface area contributed by atoms with E-state index in [-0.39, 0.29) is 18.9 Å². The largest absolute Gasteiger partial charge is 0.375 e. The summed E-state index contributed by atoms with van der Waals surface area (Å²) in [6.07, 6.45) is -2.48. The average Bonchev–Trinajstić information content (AvgIpc) is 2.28. The molecule has 0 bridgehead atoms. The number of alkyl halides is 2. The molecule has 0 spiro atoms. The zero-order valence-corrected chi connectivity index (χ0v) is 11.3. The molecule has 0 aliphatic carbocycles. The van der Waals surface area contributed by atoms with Crippen molar-refractivity contribution in [1.82, 2.24) is 4.98 Å². The molecule has 0 saturated heterocycles. The van der Waals surface area contributed by atoms with Crippen molar-refractivity contribution < 1.29 is 18.3 Å². The highest BCUT2D eigenvalue weighted by molar-refractivity contribution is 9.10. The van der Waals surface area contributed by atoms with Gasteiger partial charge in [0.1, 0.15) is 11.2 Å². The van der Waals surface area contributed by atoms with E-state index < -0.39 is 13.0 Å². The van der Waals surface area contributed by atoms with Crippen LogP contribution < -0.4 is 5.32 Å². The maximum absolute atomic E-state index is 11.8. The second-order valence-electron chi connectivity index (χ2n) is 3.53. The van der Waals surface area contributed by atoms with E-state index in [1.807, 2.05) is 0 Å². The van der Waals surface area contributed by atoms with Gasteiger partial charge < -0.3 is 10.1 Å². The van der Waals surface area contributed by atoms with Gasteiger partial charge >= 0.3 is 0 Å². The van der Waals surface area contributed by atoms with Crippen molar-refractivity contribution in [3.05, 3.63) is 22.4 Å². The molecule has 18 heavy (non-hydrogen) atoms. The predicted octanol–water partition coefficient (Wildman–Crippen LogP) is 2.76. The zero-order valence-electron chi connectivity index (χ0n) is 9.75. The molecule has 0 saturated carbocycles. The number of carbonyl (C=O) groups excluding carboxylic acids is 1. The molecule has 1 aromatic heterocycles. The highest BCUT2D eigenvalue weighted by atomic mass is 79.9. The molecule has 1 aromatic rings. The summed E-state index contributed by atoms with van der Waals surface area (Å²) >= 11 is 3.21. The van der Waals surface area contributed by atoms with Crippen molar-refractivity contribution in [1.29, 1.82) is 0 Å². The van der Waals surface area contributed by atoms with E-state index in [9.17, 15) is 13.6 Å². The maximum atomic E-state index is 11.8. The van der Waals surface area contributed by atoms with Crippen LogP contribution in [-0.4, -0.2) is 30.5 Å². The standard InChI is InChI=1S/C11H13BrF2N2O2/c1-7-8(2-3-9(12)15-7)16-11(17)4-5-18-6-10(13)14/h2-3,10H,4-6H2,1H3,(H,16,17). The third kappa shape index (κ3) is 5.50. The van der Waals surface area contributed by atoms with Gasteiger partial charge in [0.05, 0.1) is 24.4 Å². The number of aromatic nitrogens is 1. The van der Waals surface area contributed by atoms with Gasteiger partial charge in [-0.2, -0.15) is 0 Å². The molecule has 7 heteroatoms. The fraction of sp³-hybridized carbons (Fsp3) is 0.455. The van der Waals surface area contributed by atoms with Crippen molar-refractivity contribution in [3.8, 4) is 0 Å². The first kappa shape index (κ1) is 15.0. The number of amides is 1. The molecule has 4 nitrogen and oxygen atoms in total. The smallest absolute Gasteiger partial charge is 0.261 e. The number of hydrogen-bond acceptors (Lipinski definition) is 3. The quantitative estimate of drug-likeness (QED) is 0.647. The van der Waals surface area contributed by atoms with Gasteiger partial charge in [-0.3, -0.25) is 4.79 Å². The van der Waals surface area contributed by atoms with Gasteiger partial charge in [0, 0.05) is 0 Å². The Hall–Kier alpha value is -1.08. The number of nitrogens with zero attached hydrogens (tertiary/aromatic N) is 1. The van der Waals surface area contributed by atoms with Gasteiger partial charge in [-0.1, -0.05) is 0 Å². The molecular formula is C11H13BrF2N2O2. The third-order valence-corrected chi connectivity index (χ3v) is 2.48. The van der Waals surface area contributed by atoms with Crippen LogP contribution in [0.4, 0.5) is 14.5 Å². The summed E-state index contributed by atoms with van der Waals surface area (Å²) in [5.74, 6) is -0.295. The Morgan fingerprint density at radius 1 is 1.56 bits per heavy atom. The molecule has 0 aliphatic rings. The van der Waals surface area contributed by atoms with Crippen LogP contribution in [0.25, 0.3) is 0 Å². The topological polar surface area (TPSA) is 51.2 Å². The summed E-state index contributed by atoms with van der Waals surface area (Å²) in [7, 11) is 0. The van der Waals surface area contributed by atoms with Crippen LogP contribution in [0.3, 0.4) is 0 Å².